The lowest BCUT2D eigenvalue weighted by Gasteiger charge is -2.13. The van der Waals surface area contributed by atoms with Crippen LogP contribution in [0.5, 0.6) is 0 Å². The Hall–Kier alpha value is -3.00. The van der Waals surface area contributed by atoms with Crippen LogP contribution in [0, 0.1) is 11.6 Å². The van der Waals surface area contributed by atoms with Gasteiger partial charge in [-0.05, 0) is 29.8 Å². The highest BCUT2D eigenvalue weighted by atomic mass is 35.5. The maximum atomic E-state index is 13.3. The summed E-state index contributed by atoms with van der Waals surface area (Å²) in [4.78, 5) is 36.5. The van der Waals surface area contributed by atoms with Crippen molar-refractivity contribution in [3.8, 4) is 0 Å². The fourth-order valence-corrected chi connectivity index (χ4v) is 2.68. The Bertz CT molecular complexity index is 904. The van der Waals surface area contributed by atoms with Crippen LogP contribution in [0.25, 0.3) is 0 Å². The zero-order valence-corrected chi connectivity index (χ0v) is 13.9. The second-order valence-electron chi connectivity index (χ2n) is 5.54. The molecule has 2 aromatic rings. The predicted octanol–water partition coefficient (Wildman–Crippen LogP) is 2.92. The van der Waals surface area contributed by atoms with E-state index in [0.717, 1.165) is 11.0 Å². The highest BCUT2D eigenvalue weighted by molar-refractivity contribution is 6.34. The van der Waals surface area contributed by atoms with Crippen molar-refractivity contribution in [2.45, 2.75) is 6.54 Å². The first-order chi connectivity index (χ1) is 12.3. The standard InChI is InChI=1S/C17H12ClF2N3O3/c18-12-6-14(20)13(19)5-11(12)16(25)22-10-3-1-2-9(4-10)8-23-15(24)7-21-17(23)26/h1-6H,7-8H2,(H,21,26)(H,22,25). The van der Waals surface area contributed by atoms with Gasteiger partial charge < -0.3 is 10.6 Å². The monoisotopic (exact) mass is 379 g/mol. The van der Waals surface area contributed by atoms with Crippen molar-refractivity contribution in [3.05, 3.63) is 64.2 Å². The van der Waals surface area contributed by atoms with Crippen LogP contribution in [-0.2, 0) is 11.3 Å². The van der Waals surface area contributed by atoms with Crippen LogP contribution in [0.1, 0.15) is 15.9 Å². The molecule has 1 aliphatic heterocycles. The van der Waals surface area contributed by atoms with E-state index >= 15 is 0 Å². The molecule has 2 N–H and O–H groups in total. The van der Waals surface area contributed by atoms with E-state index in [-0.39, 0.29) is 29.6 Å². The summed E-state index contributed by atoms with van der Waals surface area (Å²) in [6.45, 7) is -0.00972. The summed E-state index contributed by atoms with van der Waals surface area (Å²) in [5, 5.41) is 4.70. The van der Waals surface area contributed by atoms with E-state index in [4.69, 9.17) is 11.6 Å². The molecular formula is C17H12ClF2N3O3. The second-order valence-corrected chi connectivity index (χ2v) is 5.95. The van der Waals surface area contributed by atoms with E-state index in [9.17, 15) is 23.2 Å². The number of benzene rings is 2. The lowest BCUT2D eigenvalue weighted by Crippen LogP contribution is -2.30. The van der Waals surface area contributed by atoms with Gasteiger partial charge >= 0.3 is 6.03 Å². The molecule has 9 heteroatoms. The highest BCUT2D eigenvalue weighted by Gasteiger charge is 2.28. The Kier molecular flexibility index (Phi) is 4.85. The number of amides is 4. The van der Waals surface area contributed by atoms with Crippen molar-refractivity contribution in [2.75, 3.05) is 11.9 Å². The number of halogens is 3. The van der Waals surface area contributed by atoms with Crippen LogP contribution in [0.4, 0.5) is 19.3 Å². The van der Waals surface area contributed by atoms with E-state index in [1.165, 1.54) is 0 Å². The van der Waals surface area contributed by atoms with Gasteiger partial charge in [0.25, 0.3) is 5.91 Å². The summed E-state index contributed by atoms with van der Waals surface area (Å²) >= 11 is 5.78. The Morgan fingerprint density at radius 1 is 1.19 bits per heavy atom. The fourth-order valence-electron chi connectivity index (χ4n) is 2.44. The topological polar surface area (TPSA) is 78.5 Å². The number of imide groups is 1. The molecule has 0 unspecified atom stereocenters. The van der Waals surface area contributed by atoms with Gasteiger partial charge in [-0.1, -0.05) is 23.7 Å². The number of carbonyl (C=O) groups is 3. The van der Waals surface area contributed by atoms with Crippen LogP contribution in [0.15, 0.2) is 36.4 Å². The molecule has 1 saturated heterocycles. The van der Waals surface area contributed by atoms with Crippen LogP contribution >= 0.6 is 11.6 Å². The summed E-state index contributed by atoms with van der Waals surface area (Å²) in [6.07, 6.45) is 0. The number of carbonyl (C=O) groups excluding carboxylic acids is 3. The zero-order chi connectivity index (χ0) is 18.8. The number of hydrogen-bond acceptors (Lipinski definition) is 3. The van der Waals surface area contributed by atoms with E-state index in [0.29, 0.717) is 17.3 Å². The molecule has 0 aliphatic carbocycles. The van der Waals surface area contributed by atoms with Crippen LogP contribution in [0.2, 0.25) is 5.02 Å². The number of nitrogens with zero attached hydrogens (tertiary/aromatic N) is 1. The molecule has 0 atom stereocenters. The lowest BCUT2D eigenvalue weighted by atomic mass is 10.1. The third-order valence-corrected chi connectivity index (χ3v) is 4.03. The summed E-state index contributed by atoms with van der Waals surface area (Å²) in [7, 11) is 0. The van der Waals surface area contributed by atoms with Gasteiger partial charge in [0.05, 0.1) is 23.7 Å². The summed E-state index contributed by atoms with van der Waals surface area (Å²) < 4.78 is 26.4. The van der Waals surface area contributed by atoms with Gasteiger partial charge in [-0.2, -0.15) is 0 Å². The Morgan fingerprint density at radius 3 is 2.62 bits per heavy atom. The summed E-state index contributed by atoms with van der Waals surface area (Å²) in [5.41, 5.74) is 0.731. The number of anilines is 1. The van der Waals surface area contributed by atoms with Crippen molar-refractivity contribution >= 4 is 35.1 Å². The normalized spacial score (nSPS) is 13.7. The molecule has 0 bridgehead atoms. The van der Waals surface area contributed by atoms with E-state index in [1.807, 2.05) is 0 Å². The van der Waals surface area contributed by atoms with Gasteiger partial charge in [-0.25, -0.2) is 13.6 Å². The van der Waals surface area contributed by atoms with Crippen LogP contribution in [-0.4, -0.2) is 29.3 Å². The first-order valence-electron chi connectivity index (χ1n) is 7.48. The third-order valence-electron chi connectivity index (χ3n) is 3.72. The molecule has 6 nitrogen and oxygen atoms in total. The second kappa shape index (κ2) is 7.09. The Labute approximate surface area is 151 Å². The molecule has 1 heterocycles. The van der Waals surface area contributed by atoms with E-state index < -0.39 is 23.6 Å². The van der Waals surface area contributed by atoms with E-state index in [1.54, 1.807) is 24.3 Å². The van der Waals surface area contributed by atoms with Gasteiger partial charge in [0.15, 0.2) is 11.6 Å². The maximum Gasteiger partial charge on any atom is 0.324 e. The van der Waals surface area contributed by atoms with Crippen LogP contribution < -0.4 is 10.6 Å². The molecule has 26 heavy (non-hydrogen) atoms. The summed E-state index contributed by atoms with van der Waals surface area (Å²) in [6, 6.07) is 7.38. The lowest BCUT2D eigenvalue weighted by molar-refractivity contribution is -0.125. The number of urea groups is 1. The Morgan fingerprint density at radius 2 is 1.92 bits per heavy atom. The average Bonchev–Trinajstić information content (AvgIpc) is 2.90. The first-order valence-corrected chi connectivity index (χ1v) is 7.86. The summed E-state index contributed by atoms with van der Waals surface area (Å²) in [5.74, 6) is -3.41. The molecule has 134 valence electrons. The molecule has 1 fully saturated rings. The maximum absolute atomic E-state index is 13.3. The van der Waals surface area contributed by atoms with Crippen molar-refractivity contribution < 1.29 is 23.2 Å². The van der Waals surface area contributed by atoms with Crippen molar-refractivity contribution in [1.29, 1.82) is 0 Å². The van der Waals surface area contributed by atoms with Gasteiger partial charge in [0.1, 0.15) is 0 Å². The van der Waals surface area contributed by atoms with Gasteiger partial charge in [-0.3, -0.25) is 14.5 Å². The smallest absolute Gasteiger partial charge is 0.324 e. The zero-order valence-electron chi connectivity index (χ0n) is 13.2. The van der Waals surface area contributed by atoms with Crippen molar-refractivity contribution in [2.24, 2.45) is 0 Å². The van der Waals surface area contributed by atoms with Gasteiger partial charge in [-0.15, -0.1) is 0 Å². The molecule has 0 radical (unpaired) electrons. The number of rotatable bonds is 4. The molecule has 0 saturated carbocycles. The largest absolute Gasteiger partial charge is 0.329 e. The minimum atomic E-state index is -1.19. The third kappa shape index (κ3) is 3.65. The highest BCUT2D eigenvalue weighted by Crippen LogP contribution is 2.22. The quantitative estimate of drug-likeness (QED) is 0.633. The van der Waals surface area contributed by atoms with Crippen molar-refractivity contribution in [3.63, 3.8) is 0 Å². The average molecular weight is 380 g/mol. The molecule has 2 aromatic carbocycles. The molecular weight excluding hydrogens is 368 g/mol. The number of hydrogen-bond donors (Lipinski definition) is 2. The number of nitrogens with one attached hydrogen (secondary N) is 2. The van der Waals surface area contributed by atoms with Crippen LogP contribution in [0.3, 0.4) is 0 Å². The van der Waals surface area contributed by atoms with Gasteiger partial charge in [0, 0.05) is 5.69 Å². The SMILES string of the molecule is O=C(Nc1cccc(CN2C(=O)CNC2=O)c1)c1cc(F)c(F)cc1Cl. The minimum Gasteiger partial charge on any atom is -0.329 e. The van der Waals surface area contributed by atoms with E-state index in [2.05, 4.69) is 10.6 Å². The first kappa shape index (κ1) is 17.8. The fraction of sp³-hybridized carbons (Fsp3) is 0.118. The minimum absolute atomic E-state index is 0.0420. The molecule has 0 aromatic heterocycles. The van der Waals surface area contributed by atoms with Gasteiger partial charge in [0.2, 0.25) is 5.91 Å². The molecule has 3 rings (SSSR count). The molecule has 1 aliphatic rings. The predicted molar refractivity (Wildman–Crippen MR) is 89.7 cm³/mol. The molecule has 0 spiro atoms. The Balaban J connectivity index is 1.76. The molecule has 4 amide bonds. The van der Waals surface area contributed by atoms with Crippen molar-refractivity contribution in [1.82, 2.24) is 10.2 Å².